The minimum Gasteiger partial charge on any atom is -0.390 e. The molecule has 3 rings (SSSR count). The Morgan fingerprint density at radius 2 is 1.92 bits per heavy atom. The van der Waals surface area contributed by atoms with E-state index in [0.29, 0.717) is 11.6 Å². The predicted molar refractivity (Wildman–Crippen MR) is 99.2 cm³/mol. The fourth-order valence-electron chi connectivity index (χ4n) is 4.32. The molecule has 0 spiro atoms. The van der Waals surface area contributed by atoms with Gasteiger partial charge >= 0.3 is 0 Å². The van der Waals surface area contributed by atoms with E-state index in [2.05, 4.69) is 4.98 Å². The van der Waals surface area contributed by atoms with E-state index in [1.807, 2.05) is 0 Å². The topological polar surface area (TPSA) is 127 Å². The van der Waals surface area contributed by atoms with Crippen molar-refractivity contribution in [2.45, 2.75) is 82.5 Å². The summed E-state index contributed by atoms with van der Waals surface area (Å²) in [5.41, 5.74) is 12.2. The molecule has 0 aliphatic heterocycles. The first-order chi connectivity index (χ1) is 12.4. The normalized spacial score (nSPS) is 23.3. The molecule has 2 aliphatic rings. The first kappa shape index (κ1) is 19.2. The van der Waals surface area contributed by atoms with Crippen LogP contribution in [0.2, 0.25) is 0 Å². The maximum Gasteiger partial charge on any atom is 0.226 e. The zero-order valence-corrected chi connectivity index (χ0v) is 15.6. The van der Waals surface area contributed by atoms with Crippen LogP contribution in [0, 0.1) is 11.8 Å². The highest BCUT2D eigenvalue weighted by Gasteiger charge is 2.40. The highest BCUT2D eigenvalue weighted by Crippen LogP contribution is 2.40. The Morgan fingerprint density at radius 1 is 1.27 bits per heavy atom. The van der Waals surface area contributed by atoms with E-state index in [1.54, 1.807) is 17.7 Å². The number of carbonyl (C=O) groups excluding carboxylic acids is 1. The van der Waals surface area contributed by atoms with Crippen LogP contribution < -0.4 is 11.5 Å². The van der Waals surface area contributed by atoms with Crippen LogP contribution in [0.15, 0.2) is 6.20 Å². The van der Waals surface area contributed by atoms with Gasteiger partial charge in [-0.3, -0.25) is 4.79 Å². The quantitative estimate of drug-likeness (QED) is 0.558. The largest absolute Gasteiger partial charge is 0.390 e. The number of anilines is 1. The SMILES string of the molecule is CC(C(N)=O)c1cnc(N)n1[C@@H](CC1CCCCC1)[C@@H](O)[C@@H](O)C1CC1. The molecule has 7 nitrogen and oxygen atoms in total. The number of nitrogen functional groups attached to an aromatic ring is 1. The van der Waals surface area contributed by atoms with Crippen LogP contribution in [-0.4, -0.2) is 37.9 Å². The molecule has 0 aromatic carbocycles. The Morgan fingerprint density at radius 3 is 2.50 bits per heavy atom. The lowest BCUT2D eigenvalue weighted by atomic mass is 9.82. The summed E-state index contributed by atoms with van der Waals surface area (Å²) in [6.45, 7) is 1.72. The average Bonchev–Trinajstić information content (AvgIpc) is 3.41. The standard InChI is InChI=1S/C19H32N4O3/c1-11(18(20)26)15-10-22-19(21)23(15)14(9-12-5-3-2-4-6-12)17(25)16(24)13-7-8-13/h10-14,16-17,24-25H,2-9H2,1H3,(H2,20,26)(H2,21,22)/t11?,14-,16-,17+/m0/s1. The van der Waals surface area contributed by atoms with Crippen molar-refractivity contribution in [3.63, 3.8) is 0 Å². The van der Waals surface area contributed by atoms with E-state index < -0.39 is 30.1 Å². The molecule has 0 saturated heterocycles. The van der Waals surface area contributed by atoms with Crippen LogP contribution >= 0.6 is 0 Å². The van der Waals surface area contributed by atoms with Crippen molar-refractivity contribution in [3.8, 4) is 0 Å². The van der Waals surface area contributed by atoms with Crippen LogP contribution in [0.3, 0.4) is 0 Å². The van der Waals surface area contributed by atoms with E-state index >= 15 is 0 Å². The van der Waals surface area contributed by atoms with Crippen molar-refractivity contribution in [2.75, 3.05) is 5.73 Å². The van der Waals surface area contributed by atoms with Gasteiger partial charge in [0.2, 0.25) is 11.9 Å². The zero-order chi connectivity index (χ0) is 18.8. The molecule has 146 valence electrons. The number of hydrogen-bond acceptors (Lipinski definition) is 5. The molecular formula is C19H32N4O3. The fraction of sp³-hybridized carbons (Fsp3) is 0.789. The van der Waals surface area contributed by atoms with Gasteiger partial charge in [-0.2, -0.15) is 0 Å². The summed E-state index contributed by atoms with van der Waals surface area (Å²) in [5, 5.41) is 21.6. The highest BCUT2D eigenvalue weighted by atomic mass is 16.3. The van der Waals surface area contributed by atoms with Gasteiger partial charge in [0.1, 0.15) is 6.10 Å². The van der Waals surface area contributed by atoms with Gasteiger partial charge in [-0.25, -0.2) is 4.98 Å². The molecule has 7 heteroatoms. The maximum atomic E-state index is 11.7. The number of primary amides is 1. The van der Waals surface area contributed by atoms with Crippen LogP contribution in [0.4, 0.5) is 5.95 Å². The predicted octanol–water partition coefficient (Wildman–Crippen LogP) is 1.70. The molecule has 2 fully saturated rings. The number of aliphatic hydroxyl groups excluding tert-OH is 2. The number of nitrogens with zero attached hydrogens (tertiary/aromatic N) is 2. The van der Waals surface area contributed by atoms with E-state index in [0.717, 1.165) is 32.1 Å². The van der Waals surface area contributed by atoms with Gasteiger partial charge in [0.15, 0.2) is 0 Å². The fourth-order valence-corrected chi connectivity index (χ4v) is 4.32. The van der Waals surface area contributed by atoms with E-state index in [4.69, 9.17) is 11.5 Å². The average molecular weight is 364 g/mol. The molecule has 1 amide bonds. The van der Waals surface area contributed by atoms with Gasteiger partial charge in [-0.1, -0.05) is 32.1 Å². The van der Waals surface area contributed by atoms with Crippen molar-refractivity contribution < 1.29 is 15.0 Å². The Hall–Kier alpha value is -1.60. The second kappa shape index (κ2) is 7.96. The summed E-state index contributed by atoms with van der Waals surface area (Å²) in [5.74, 6) is -0.122. The van der Waals surface area contributed by atoms with Crippen LogP contribution in [0.1, 0.15) is 75.9 Å². The molecule has 26 heavy (non-hydrogen) atoms. The molecule has 1 aromatic heterocycles. The van der Waals surface area contributed by atoms with Crippen LogP contribution in [0.25, 0.3) is 0 Å². The number of amides is 1. The van der Waals surface area contributed by atoms with Gasteiger partial charge in [0.25, 0.3) is 0 Å². The van der Waals surface area contributed by atoms with E-state index in [1.165, 1.54) is 19.3 Å². The van der Waals surface area contributed by atoms with Crippen molar-refractivity contribution >= 4 is 11.9 Å². The van der Waals surface area contributed by atoms with Gasteiger partial charge in [-0.15, -0.1) is 0 Å². The Balaban J connectivity index is 1.91. The molecule has 2 aliphatic carbocycles. The summed E-state index contributed by atoms with van der Waals surface area (Å²) >= 11 is 0. The second-order valence-corrected chi connectivity index (χ2v) is 8.16. The van der Waals surface area contributed by atoms with Crippen molar-refractivity contribution in [2.24, 2.45) is 17.6 Å². The Bertz CT molecular complexity index is 622. The second-order valence-electron chi connectivity index (χ2n) is 8.16. The first-order valence-electron chi connectivity index (χ1n) is 9.88. The smallest absolute Gasteiger partial charge is 0.226 e. The minimum absolute atomic E-state index is 0.153. The zero-order valence-electron chi connectivity index (χ0n) is 15.6. The van der Waals surface area contributed by atoms with Crippen LogP contribution in [0.5, 0.6) is 0 Å². The molecule has 1 unspecified atom stereocenters. The number of aromatic nitrogens is 2. The number of nitrogens with two attached hydrogens (primary N) is 2. The van der Waals surface area contributed by atoms with Gasteiger partial charge < -0.3 is 26.2 Å². The monoisotopic (exact) mass is 364 g/mol. The third-order valence-corrected chi connectivity index (χ3v) is 6.20. The number of imidazole rings is 1. The number of aliphatic hydroxyl groups is 2. The number of carbonyl (C=O) groups is 1. The molecule has 0 radical (unpaired) electrons. The molecule has 1 heterocycles. The molecule has 2 saturated carbocycles. The molecule has 4 atom stereocenters. The summed E-state index contributed by atoms with van der Waals surface area (Å²) in [6.07, 6.45) is 8.37. The summed E-state index contributed by atoms with van der Waals surface area (Å²) in [7, 11) is 0. The lowest BCUT2D eigenvalue weighted by molar-refractivity contribution is -0.119. The van der Waals surface area contributed by atoms with Gasteiger partial charge in [-0.05, 0) is 38.0 Å². The van der Waals surface area contributed by atoms with Crippen molar-refractivity contribution in [1.29, 1.82) is 0 Å². The van der Waals surface area contributed by atoms with Gasteiger partial charge in [0, 0.05) is 0 Å². The summed E-state index contributed by atoms with van der Waals surface area (Å²) in [4.78, 5) is 15.9. The van der Waals surface area contributed by atoms with Gasteiger partial charge in [0.05, 0.1) is 30.0 Å². The number of hydrogen-bond donors (Lipinski definition) is 4. The van der Waals surface area contributed by atoms with Crippen molar-refractivity contribution in [3.05, 3.63) is 11.9 Å². The Labute approximate surface area is 154 Å². The van der Waals surface area contributed by atoms with Crippen molar-refractivity contribution in [1.82, 2.24) is 9.55 Å². The lowest BCUT2D eigenvalue weighted by Gasteiger charge is -2.34. The molecule has 1 aromatic rings. The maximum absolute atomic E-state index is 11.7. The summed E-state index contributed by atoms with van der Waals surface area (Å²) < 4.78 is 1.75. The lowest BCUT2D eigenvalue weighted by Crippen LogP contribution is -2.39. The minimum atomic E-state index is -0.931. The molecule has 0 bridgehead atoms. The molecule has 6 N–H and O–H groups in total. The Kier molecular flexibility index (Phi) is 5.87. The third-order valence-electron chi connectivity index (χ3n) is 6.20. The third kappa shape index (κ3) is 4.04. The summed E-state index contributed by atoms with van der Waals surface area (Å²) in [6, 6.07) is -0.395. The van der Waals surface area contributed by atoms with E-state index in [9.17, 15) is 15.0 Å². The number of rotatable bonds is 8. The van der Waals surface area contributed by atoms with Crippen LogP contribution in [-0.2, 0) is 4.79 Å². The van der Waals surface area contributed by atoms with E-state index in [-0.39, 0.29) is 11.9 Å². The highest BCUT2D eigenvalue weighted by molar-refractivity contribution is 5.81. The molecular weight excluding hydrogens is 332 g/mol. The first-order valence-corrected chi connectivity index (χ1v) is 9.88.